The van der Waals surface area contributed by atoms with Crippen molar-refractivity contribution in [3.05, 3.63) is 0 Å². The molecule has 0 saturated heterocycles. The van der Waals surface area contributed by atoms with Gasteiger partial charge >= 0.3 is 12.2 Å². The highest BCUT2D eigenvalue weighted by Gasteiger charge is 2.31. The van der Waals surface area contributed by atoms with Crippen LogP contribution in [-0.4, -0.2) is 47.9 Å². The van der Waals surface area contributed by atoms with Gasteiger partial charge in [-0.15, -0.1) is 0 Å². The number of halogens is 3. The Kier molecular flexibility index (Phi) is 5.13. The van der Waals surface area contributed by atoms with E-state index in [1.807, 2.05) is 0 Å². The molecule has 0 aliphatic carbocycles. The summed E-state index contributed by atoms with van der Waals surface area (Å²) in [5, 5.41) is 2.66. The SMILES string of the molecule is CCOc1nc(NC)nc(N(CC)CC(F)(F)F)n1. The number of nitrogens with one attached hydrogen (secondary N) is 1. The lowest BCUT2D eigenvalue weighted by atomic mass is 10.5. The van der Waals surface area contributed by atoms with Crippen LogP contribution in [0.25, 0.3) is 0 Å². The van der Waals surface area contributed by atoms with Crippen molar-refractivity contribution in [2.75, 3.05) is 37.0 Å². The molecule has 0 bridgehead atoms. The lowest BCUT2D eigenvalue weighted by molar-refractivity contribution is -0.119. The smallest absolute Gasteiger partial charge is 0.406 e. The van der Waals surface area contributed by atoms with E-state index in [1.54, 1.807) is 20.9 Å². The van der Waals surface area contributed by atoms with Crippen LogP contribution in [0.5, 0.6) is 6.01 Å². The fourth-order valence-electron chi connectivity index (χ4n) is 1.33. The van der Waals surface area contributed by atoms with E-state index in [1.165, 1.54) is 0 Å². The van der Waals surface area contributed by atoms with Crippen LogP contribution in [0.4, 0.5) is 25.1 Å². The molecule has 0 aliphatic heterocycles. The van der Waals surface area contributed by atoms with E-state index in [2.05, 4.69) is 20.3 Å². The van der Waals surface area contributed by atoms with E-state index < -0.39 is 12.7 Å². The molecular weight excluding hydrogens is 263 g/mol. The highest BCUT2D eigenvalue weighted by molar-refractivity contribution is 5.38. The fraction of sp³-hybridized carbons (Fsp3) is 0.700. The topological polar surface area (TPSA) is 63.2 Å². The van der Waals surface area contributed by atoms with Crippen molar-refractivity contribution < 1.29 is 17.9 Å². The molecule has 0 aromatic carbocycles. The van der Waals surface area contributed by atoms with E-state index in [0.717, 1.165) is 4.90 Å². The molecule has 0 radical (unpaired) electrons. The van der Waals surface area contributed by atoms with Gasteiger partial charge in [-0.25, -0.2) is 0 Å². The van der Waals surface area contributed by atoms with Gasteiger partial charge in [0.1, 0.15) is 6.54 Å². The summed E-state index contributed by atoms with van der Waals surface area (Å²) < 4.78 is 42.5. The lowest BCUT2D eigenvalue weighted by Gasteiger charge is -2.22. The van der Waals surface area contributed by atoms with E-state index in [0.29, 0.717) is 6.61 Å². The Morgan fingerprint density at radius 2 is 1.89 bits per heavy atom. The van der Waals surface area contributed by atoms with Crippen molar-refractivity contribution in [1.82, 2.24) is 15.0 Å². The Morgan fingerprint density at radius 1 is 1.21 bits per heavy atom. The first-order valence-corrected chi connectivity index (χ1v) is 5.78. The zero-order valence-corrected chi connectivity index (χ0v) is 11.0. The first kappa shape index (κ1) is 15.3. The number of alkyl halides is 3. The minimum Gasteiger partial charge on any atom is -0.464 e. The molecule has 108 valence electrons. The largest absolute Gasteiger partial charge is 0.464 e. The van der Waals surface area contributed by atoms with Gasteiger partial charge in [-0.1, -0.05) is 0 Å². The Bertz CT molecular complexity index is 413. The van der Waals surface area contributed by atoms with Crippen molar-refractivity contribution in [2.24, 2.45) is 0 Å². The molecule has 1 aromatic rings. The Morgan fingerprint density at radius 3 is 2.37 bits per heavy atom. The third-order valence-electron chi connectivity index (χ3n) is 2.13. The van der Waals surface area contributed by atoms with Crippen LogP contribution < -0.4 is 15.0 Å². The van der Waals surface area contributed by atoms with Gasteiger partial charge in [0.2, 0.25) is 11.9 Å². The standard InChI is InChI=1S/C10H16F3N5O/c1-4-18(6-10(11,12)13)8-15-7(14-3)16-9(17-8)19-5-2/h4-6H2,1-3H3,(H,14,15,16,17). The molecule has 0 aliphatic rings. The summed E-state index contributed by atoms with van der Waals surface area (Å²) in [6.45, 7) is 2.64. The molecule has 1 N–H and O–H groups in total. The van der Waals surface area contributed by atoms with Crippen molar-refractivity contribution in [2.45, 2.75) is 20.0 Å². The van der Waals surface area contributed by atoms with Gasteiger partial charge in [0.25, 0.3) is 0 Å². The zero-order chi connectivity index (χ0) is 14.5. The van der Waals surface area contributed by atoms with E-state index in [4.69, 9.17) is 4.74 Å². The first-order valence-electron chi connectivity index (χ1n) is 5.78. The second kappa shape index (κ2) is 6.39. The summed E-state index contributed by atoms with van der Waals surface area (Å²) in [5.74, 6) is 0.0942. The molecule has 1 heterocycles. The molecule has 0 amide bonds. The Labute approximate surface area is 109 Å². The maximum Gasteiger partial charge on any atom is 0.406 e. The molecule has 0 spiro atoms. The van der Waals surface area contributed by atoms with Crippen molar-refractivity contribution >= 4 is 11.9 Å². The number of ether oxygens (including phenoxy) is 1. The van der Waals surface area contributed by atoms with Crippen molar-refractivity contribution in [3.63, 3.8) is 0 Å². The minimum absolute atomic E-state index is 0.00234. The van der Waals surface area contributed by atoms with Gasteiger partial charge in [-0.05, 0) is 13.8 Å². The molecule has 0 atom stereocenters. The van der Waals surface area contributed by atoms with Gasteiger partial charge in [-0.3, -0.25) is 0 Å². The number of anilines is 2. The molecule has 0 fully saturated rings. The normalized spacial score (nSPS) is 11.3. The third kappa shape index (κ3) is 4.76. The monoisotopic (exact) mass is 279 g/mol. The molecular formula is C10H16F3N5O. The lowest BCUT2D eigenvalue weighted by Crippen LogP contribution is -2.35. The van der Waals surface area contributed by atoms with Crippen LogP contribution >= 0.6 is 0 Å². The first-order chi connectivity index (χ1) is 8.89. The molecule has 1 aromatic heterocycles. The second-order valence-electron chi connectivity index (χ2n) is 3.55. The maximum atomic E-state index is 12.4. The third-order valence-corrected chi connectivity index (χ3v) is 2.13. The average molecular weight is 279 g/mol. The summed E-state index contributed by atoms with van der Waals surface area (Å²) in [4.78, 5) is 12.7. The molecule has 6 nitrogen and oxygen atoms in total. The Balaban J connectivity index is 3.04. The molecule has 0 saturated carbocycles. The molecule has 19 heavy (non-hydrogen) atoms. The van der Waals surface area contributed by atoms with E-state index in [-0.39, 0.29) is 24.5 Å². The highest BCUT2D eigenvalue weighted by atomic mass is 19.4. The summed E-state index contributed by atoms with van der Waals surface area (Å²) >= 11 is 0. The number of nitrogens with zero attached hydrogens (tertiary/aromatic N) is 4. The van der Waals surface area contributed by atoms with Gasteiger partial charge < -0.3 is 15.0 Å². The predicted octanol–water partition coefficient (Wildman–Crippen LogP) is 1.70. The summed E-state index contributed by atoms with van der Waals surface area (Å²) in [6.07, 6.45) is -4.33. The van der Waals surface area contributed by atoms with Crippen molar-refractivity contribution in [1.29, 1.82) is 0 Å². The number of hydrogen-bond donors (Lipinski definition) is 1. The summed E-state index contributed by atoms with van der Waals surface area (Å²) in [5.41, 5.74) is 0. The van der Waals surface area contributed by atoms with Gasteiger partial charge in [-0.2, -0.15) is 28.1 Å². The second-order valence-corrected chi connectivity index (χ2v) is 3.55. The van der Waals surface area contributed by atoms with Crippen LogP contribution in [-0.2, 0) is 0 Å². The van der Waals surface area contributed by atoms with Crippen LogP contribution in [0.2, 0.25) is 0 Å². The van der Waals surface area contributed by atoms with E-state index in [9.17, 15) is 13.2 Å². The number of aromatic nitrogens is 3. The van der Waals surface area contributed by atoms with Gasteiger partial charge in [0.05, 0.1) is 6.61 Å². The summed E-state index contributed by atoms with van der Waals surface area (Å²) in [6, 6.07) is -0.00234. The zero-order valence-electron chi connectivity index (χ0n) is 11.0. The molecule has 0 unspecified atom stereocenters. The number of rotatable bonds is 6. The van der Waals surface area contributed by atoms with Crippen molar-refractivity contribution in [3.8, 4) is 6.01 Å². The van der Waals surface area contributed by atoms with Crippen LogP contribution in [0.1, 0.15) is 13.8 Å². The average Bonchev–Trinajstić information content (AvgIpc) is 2.34. The van der Waals surface area contributed by atoms with Crippen LogP contribution in [0.3, 0.4) is 0 Å². The maximum absolute atomic E-state index is 12.4. The van der Waals surface area contributed by atoms with E-state index >= 15 is 0 Å². The highest BCUT2D eigenvalue weighted by Crippen LogP contribution is 2.21. The quantitative estimate of drug-likeness (QED) is 0.855. The van der Waals surface area contributed by atoms with Crippen LogP contribution in [0.15, 0.2) is 0 Å². The molecule has 1 rings (SSSR count). The summed E-state index contributed by atoms with van der Waals surface area (Å²) in [7, 11) is 1.56. The Hall–Kier alpha value is -1.80. The van der Waals surface area contributed by atoms with Gasteiger partial charge in [0, 0.05) is 13.6 Å². The van der Waals surface area contributed by atoms with Crippen LogP contribution in [0, 0.1) is 0 Å². The fourth-order valence-corrected chi connectivity index (χ4v) is 1.33. The molecule has 9 heteroatoms. The minimum atomic E-state index is -4.33. The van der Waals surface area contributed by atoms with Gasteiger partial charge in [0.15, 0.2) is 0 Å². The predicted molar refractivity (Wildman–Crippen MR) is 64.5 cm³/mol. The number of hydrogen-bond acceptors (Lipinski definition) is 6.